The van der Waals surface area contributed by atoms with Gasteiger partial charge in [-0.1, -0.05) is 37.7 Å². The molecule has 0 aliphatic heterocycles. The van der Waals surface area contributed by atoms with E-state index in [0.29, 0.717) is 28.4 Å². The van der Waals surface area contributed by atoms with Gasteiger partial charge in [0.05, 0.1) is 23.4 Å². The molecule has 0 saturated heterocycles. The molecule has 1 amide bonds. The van der Waals surface area contributed by atoms with Crippen LogP contribution in [0.1, 0.15) is 54.3 Å². The van der Waals surface area contributed by atoms with Crippen molar-refractivity contribution in [3.63, 3.8) is 0 Å². The highest BCUT2D eigenvalue weighted by molar-refractivity contribution is 7.99. The highest BCUT2D eigenvalue weighted by Crippen LogP contribution is 2.37. The first-order valence-electron chi connectivity index (χ1n) is 13.8. The third-order valence-electron chi connectivity index (χ3n) is 6.71. The number of aromatic nitrogens is 3. The van der Waals surface area contributed by atoms with Gasteiger partial charge < -0.3 is 10.6 Å². The van der Waals surface area contributed by atoms with E-state index in [-0.39, 0.29) is 23.7 Å². The quantitative estimate of drug-likeness (QED) is 0.150. The van der Waals surface area contributed by atoms with Crippen LogP contribution in [0.25, 0.3) is 11.0 Å². The Morgan fingerprint density at radius 3 is 2.32 bits per heavy atom. The molecule has 3 N–H and O–H groups in total. The summed E-state index contributed by atoms with van der Waals surface area (Å²) >= 11 is 1.44. The second-order valence-electron chi connectivity index (χ2n) is 10.6. The second kappa shape index (κ2) is 13.0. The van der Waals surface area contributed by atoms with Crippen molar-refractivity contribution in [1.29, 1.82) is 0 Å². The van der Waals surface area contributed by atoms with Gasteiger partial charge in [-0.2, -0.15) is 0 Å². The largest absolute Gasteiger partial charge is 0.346 e. The summed E-state index contributed by atoms with van der Waals surface area (Å²) in [6.45, 7) is 5.97. The van der Waals surface area contributed by atoms with Crippen molar-refractivity contribution in [2.24, 2.45) is 0 Å². The van der Waals surface area contributed by atoms with E-state index >= 15 is 0 Å². The van der Waals surface area contributed by atoms with Gasteiger partial charge in [0.25, 0.3) is 5.91 Å². The minimum atomic E-state index is -3.40. The fourth-order valence-corrected chi connectivity index (χ4v) is 5.86. The van der Waals surface area contributed by atoms with Crippen molar-refractivity contribution in [3.05, 3.63) is 108 Å². The van der Waals surface area contributed by atoms with Gasteiger partial charge in [-0.3, -0.25) is 9.52 Å². The van der Waals surface area contributed by atoms with Crippen molar-refractivity contribution in [2.45, 2.75) is 42.5 Å². The highest BCUT2D eigenvalue weighted by Gasteiger charge is 2.17. The lowest BCUT2D eigenvalue weighted by molar-refractivity contribution is 0.0940. The Morgan fingerprint density at radius 2 is 1.64 bits per heavy atom. The van der Waals surface area contributed by atoms with Crippen LogP contribution in [0.15, 0.2) is 95.0 Å². The summed E-state index contributed by atoms with van der Waals surface area (Å²) < 4.78 is 39.1. The lowest BCUT2D eigenvalue weighted by Crippen LogP contribution is -2.26. The molecule has 9 nitrogen and oxygen atoms in total. The minimum absolute atomic E-state index is 0.236. The van der Waals surface area contributed by atoms with Crippen molar-refractivity contribution < 1.29 is 17.6 Å². The van der Waals surface area contributed by atoms with Gasteiger partial charge in [-0.15, -0.1) is 0 Å². The number of halogens is 1. The first-order chi connectivity index (χ1) is 20.9. The third kappa shape index (κ3) is 7.69. The Labute approximate surface area is 259 Å². The zero-order valence-corrected chi connectivity index (χ0v) is 26.1. The summed E-state index contributed by atoms with van der Waals surface area (Å²) in [4.78, 5) is 28.5. The highest BCUT2D eigenvalue weighted by atomic mass is 32.2. The molecule has 226 valence electrons. The number of amides is 1. The van der Waals surface area contributed by atoms with Crippen molar-refractivity contribution in [1.82, 2.24) is 20.3 Å². The van der Waals surface area contributed by atoms with Crippen LogP contribution < -0.4 is 15.4 Å². The molecule has 5 aromatic rings. The number of anilines is 3. The molecular weight excluding hydrogens is 600 g/mol. The fraction of sp³-hybridized carbons (Fsp3) is 0.188. The van der Waals surface area contributed by atoms with Crippen LogP contribution in [0.4, 0.5) is 21.6 Å². The maximum atomic E-state index is 13.4. The maximum absolute atomic E-state index is 13.4. The average Bonchev–Trinajstić information content (AvgIpc) is 2.98. The summed E-state index contributed by atoms with van der Waals surface area (Å²) in [6, 6.07) is 21.8. The number of nitrogens with one attached hydrogen (secondary N) is 3. The number of fused-ring (bicyclic) bond motifs is 1. The Morgan fingerprint density at radius 1 is 0.909 bits per heavy atom. The Hall–Kier alpha value is -4.55. The van der Waals surface area contributed by atoms with Crippen molar-refractivity contribution in [3.8, 4) is 0 Å². The van der Waals surface area contributed by atoms with E-state index in [0.717, 1.165) is 32.7 Å². The summed E-state index contributed by atoms with van der Waals surface area (Å²) in [7, 11) is -3.40. The molecule has 0 radical (unpaired) electrons. The number of rotatable bonds is 10. The van der Waals surface area contributed by atoms with Gasteiger partial charge in [-0.05, 0) is 85.1 Å². The molecule has 12 heteroatoms. The summed E-state index contributed by atoms with van der Waals surface area (Å²) in [5.41, 5.74) is 3.75. The van der Waals surface area contributed by atoms with Crippen LogP contribution in [0.5, 0.6) is 0 Å². The van der Waals surface area contributed by atoms with Gasteiger partial charge >= 0.3 is 0 Å². The SMILES string of the molecule is CC(C)c1ccc2c(Nc3cc(C(=O)NC(C)c4ccc(F)cc4)ccc3Sc3ccc(NS(C)(=O)=O)cc3)ncnc2n1. The van der Waals surface area contributed by atoms with Crippen LogP contribution in [-0.4, -0.2) is 35.5 Å². The number of sulfonamides is 1. The molecule has 1 atom stereocenters. The molecule has 0 saturated carbocycles. The Balaban J connectivity index is 1.47. The Kier molecular flexibility index (Phi) is 9.12. The van der Waals surface area contributed by atoms with E-state index in [1.807, 2.05) is 37.3 Å². The zero-order chi connectivity index (χ0) is 31.4. The molecule has 2 aromatic heterocycles. The number of carbonyl (C=O) groups excluding carboxylic acids is 1. The lowest BCUT2D eigenvalue weighted by atomic mass is 10.1. The number of hydrogen-bond acceptors (Lipinski definition) is 8. The van der Waals surface area contributed by atoms with E-state index in [1.165, 1.54) is 30.2 Å². The van der Waals surface area contributed by atoms with E-state index in [1.54, 1.807) is 36.4 Å². The molecule has 0 spiro atoms. The van der Waals surface area contributed by atoms with E-state index in [9.17, 15) is 17.6 Å². The number of pyridine rings is 1. The number of carbonyl (C=O) groups is 1. The summed E-state index contributed by atoms with van der Waals surface area (Å²) in [5, 5.41) is 7.09. The maximum Gasteiger partial charge on any atom is 0.251 e. The minimum Gasteiger partial charge on any atom is -0.346 e. The predicted octanol–water partition coefficient (Wildman–Crippen LogP) is 7.04. The molecule has 44 heavy (non-hydrogen) atoms. The van der Waals surface area contributed by atoms with Crippen molar-refractivity contribution in [2.75, 3.05) is 16.3 Å². The fourth-order valence-electron chi connectivity index (χ4n) is 4.41. The lowest BCUT2D eigenvalue weighted by Gasteiger charge is -2.17. The normalized spacial score (nSPS) is 12.2. The van der Waals surface area contributed by atoms with Gasteiger partial charge in [-0.25, -0.2) is 27.8 Å². The molecule has 1 unspecified atom stereocenters. The number of benzene rings is 3. The summed E-state index contributed by atoms with van der Waals surface area (Å²) in [6.07, 6.45) is 2.55. The summed E-state index contributed by atoms with van der Waals surface area (Å²) in [5.74, 6) is 0.128. The number of nitrogens with zero attached hydrogens (tertiary/aromatic N) is 3. The van der Waals surface area contributed by atoms with Gasteiger partial charge in [0.2, 0.25) is 10.0 Å². The molecule has 0 aliphatic carbocycles. The first kappa shape index (κ1) is 30.9. The molecule has 2 heterocycles. The molecular formula is C32H31FN6O3S2. The first-order valence-corrected chi connectivity index (χ1v) is 16.5. The van der Waals surface area contributed by atoms with Crippen LogP contribution in [0, 0.1) is 5.82 Å². The van der Waals surface area contributed by atoms with Crippen LogP contribution in [0.2, 0.25) is 0 Å². The van der Waals surface area contributed by atoms with Crippen LogP contribution in [0.3, 0.4) is 0 Å². The monoisotopic (exact) mass is 630 g/mol. The van der Waals surface area contributed by atoms with Crippen LogP contribution in [-0.2, 0) is 10.0 Å². The molecule has 0 aliphatic rings. The molecule has 3 aromatic carbocycles. The van der Waals surface area contributed by atoms with Gasteiger partial charge in [0.1, 0.15) is 18.0 Å². The molecule has 0 fully saturated rings. The zero-order valence-electron chi connectivity index (χ0n) is 24.5. The number of hydrogen-bond donors (Lipinski definition) is 3. The van der Waals surface area contributed by atoms with Gasteiger partial charge in [0.15, 0.2) is 5.65 Å². The van der Waals surface area contributed by atoms with E-state index < -0.39 is 10.0 Å². The Bertz CT molecular complexity index is 1920. The van der Waals surface area contributed by atoms with Crippen molar-refractivity contribution >= 4 is 55.9 Å². The van der Waals surface area contributed by atoms with Crippen LogP contribution >= 0.6 is 11.8 Å². The standard InChI is InChI=1S/C32H31FN6O3S2/c1-19(2)27-15-14-26-30(37-27)34-18-35-31(26)38-28-17-22(32(40)36-20(3)21-5-8-23(33)9-6-21)7-16-29(28)43-25-12-10-24(11-13-25)39-44(4,41)42/h5-20,39H,1-4H3,(H,36,40)(H,34,35,37,38). The smallest absolute Gasteiger partial charge is 0.251 e. The second-order valence-corrected chi connectivity index (χ2v) is 13.4. The topological polar surface area (TPSA) is 126 Å². The molecule has 0 bridgehead atoms. The average molecular weight is 631 g/mol. The third-order valence-corrected chi connectivity index (χ3v) is 8.40. The predicted molar refractivity (Wildman–Crippen MR) is 172 cm³/mol. The van der Waals surface area contributed by atoms with E-state index in [4.69, 9.17) is 0 Å². The molecule has 5 rings (SSSR count). The van der Waals surface area contributed by atoms with E-state index in [2.05, 4.69) is 44.2 Å². The van der Waals surface area contributed by atoms with Gasteiger partial charge in [0, 0.05) is 26.7 Å².